The summed E-state index contributed by atoms with van der Waals surface area (Å²) in [6.45, 7) is 5.87. The van der Waals surface area contributed by atoms with E-state index in [1.54, 1.807) is 6.20 Å². The Labute approximate surface area is 113 Å². The van der Waals surface area contributed by atoms with Gasteiger partial charge in [-0.15, -0.1) is 11.3 Å². The van der Waals surface area contributed by atoms with E-state index < -0.39 is 10.0 Å². The molecule has 2 N–H and O–H groups in total. The molecule has 0 aromatic carbocycles. The van der Waals surface area contributed by atoms with Crippen LogP contribution in [0.4, 0.5) is 5.13 Å². The van der Waals surface area contributed by atoms with Crippen molar-refractivity contribution in [1.82, 2.24) is 10.3 Å². The van der Waals surface area contributed by atoms with Crippen LogP contribution >= 0.6 is 11.3 Å². The summed E-state index contributed by atoms with van der Waals surface area (Å²) < 4.78 is 26.0. The number of hydrogen-bond acceptors (Lipinski definition) is 5. The molecular weight excluding hydrogens is 270 g/mol. The van der Waals surface area contributed by atoms with E-state index in [-0.39, 0.29) is 5.75 Å². The highest BCUT2D eigenvalue weighted by atomic mass is 32.2. The first-order valence-electron chi connectivity index (χ1n) is 6.17. The van der Waals surface area contributed by atoms with E-state index >= 15 is 0 Å². The molecule has 104 valence electrons. The van der Waals surface area contributed by atoms with Crippen LogP contribution in [0.25, 0.3) is 0 Å². The molecule has 5 nitrogen and oxygen atoms in total. The summed E-state index contributed by atoms with van der Waals surface area (Å²) in [6, 6.07) is 0. The van der Waals surface area contributed by atoms with E-state index in [1.165, 1.54) is 11.3 Å². The molecule has 1 aromatic heterocycles. The number of aryl methyl sites for hydroxylation is 1. The Morgan fingerprint density at radius 1 is 1.33 bits per heavy atom. The van der Waals surface area contributed by atoms with Crippen LogP contribution in [0.3, 0.4) is 0 Å². The first-order valence-corrected chi connectivity index (χ1v) is 8.64. The van der Waals surface area contributed by atoms with Crippen LogP contribution < -0.4 is 10.0 Å². The minimum atomic E-state index is -3.24. The highest BCUT2D eigenvalue weighted by Crippen LogP contribution is 2.18. The van der Waals surface area contributed by atoms with Crippen molar-refractivity contribution in [1.29, 1.82) is 0 Å². The van der Waals surface area contributed by atoms with Gasteiger partial charge in [0.2, 0.25) is 10.0 Å². The maximum absolute atomic E-state index is 11.7. The quantitative estimate of drug-likeness (QED) is 0.682. The molecule has 0 saturated heterocycles. The molecule has 0 amide bonds. The van der Waals surface area contributed by atoms with Gasteiger partial charge in [0, 0.05) is 11.1 Å². The molecule has 0 spiro atoms. The minimum Gasteiger partial charge on any atom is -0.317 e. The topological polar surface area (TPSA) is 71.1 Å². The Morgan fingerprint density at radius 3 is 2.72 bits per heavy atom. The zero-order chi connectivity index (χ0) is 13.4. The van der Waals surface area contributed by atoms with Gasteiger partial charge in [-0.3, -0.25) is 4.72 Å². The summed E-state index contributed by atoms with van der Waals surface area (Å²) in [7, 11) is -3.24. The van der Waals surface area contributed by atoms with Gasteiger partial charge in [-0.05, 0) is 39.3 Å². The van der Waals surface area contributed by atoms with Crippen molar-refractivity contribution >= 4 is 26.5 Å². The number of anilines is 1. The number of sulfonamides is 1. The maximum Gasteiger partial charge on any atom is 0.234 e. The fraction of sp³-hybridized carbons (Fsp3) is 0.727. The van der Waals surface area contributed by atoms with E-state index in [4.69, 9.17) is 0 Å². The van der Waals surface area contributed by atoms with Crippen LogP contribution in [0, 0.1) is 6.92 Å². The van der Waals surface area contributed by atoms with Crippen molar-refractivity contribution < 1.29 is 8.42 Å². The van der Waals surface area contributed by atoms with Crippen LogP contribution in [0.2, 0.25) is 0 Å². The minimum absolute atomic E-state index is 0.152. The molecule has 0 atom stereocenters. The summed E-state index contributed by atoms with van der Waals surface area (Å²) in [6.07, 6.45) is 4.30. The molecule has 0 aliphatic heterocycles. The van der Waals surface area contributed by atoms with Crippen molar-refractivity contribution in [2.45, 2.75) is 33.1 Å². The van der Waals surface area contributed by atoms with Gasteiger partial charge in [-0.25, -0.2) is 13.4 Å². The molecule has 0 radical (unpaired) electrons. The molecule has 18 heavy (non-hydrogen) atoms. The van der Waals surface area contributed by atoms with Gasteiger partial charge in [0.05, 0.1) is 5.75 Å². The zero-order valence-electron chi connectivity index (χ0n) is 10.9. The Kier molecular flexibility index (Phi) is 6.59. The summed E-state index contributed by atoms with van der Waals surface area (Å²) in [4.78, 5) is 4.98. The molecule has 0 aliphatic rings. The highest BCUT2D eigenvalue weighted by molar-refractivity contribution is 7.92. The number of nitrogens with one attached hydrogen (secondary N) is 2. The van der Waals surface area contributed by atoms with Crippen LogP contribution in [-0.2, 0) is 10.0 Å². The van der Waals surface area contributed by atoms with E-state index in [1.807, 2.05) is 6.92 Å². The molecule has 0 aliphatic carbocycles. The average molecular weight is 291 g/mol. The SMILES string of the molecule is CCCNCCCCS(=O)(=O)Nc1ncc(C)s1. The summed E-state index contributed by atoms with van der Waals surface area (Å²) >= 11 is 1.35. The molecule has 1 rings (SSSR count). The molecule has 1 aromatic rings. The number of thiazole rings is 1. The number of nitrogens with zero attached hydrogens (tertiary/aromatic N) is 1. The van der Waals surface area contributed by atoms with Crippen molar-refractivity contribution in [3.8, 4) is 0 Å². The Hall–Kier alpha value is -0.660. The van der Waals surface area contributed by atoms with Crippen molar-refractivity contribution in [2.75, 3.05) is 23.6 Å². The Balaban J connectivity index is 2.23. The molecule has 0 unspecified atom stereocenters. The number of hydrogen-bond donors (Lipinski definition) is 2. The van der Waals surface area contributed by atoms with E-state index in [0.29, 0.717) is 11.6 Å². The normalized spacial score (nSPS) is 11.7. The lowest BCUT2D eigenvalue weighted by molar-refractivity contribution is 0.590. The Morgan fingerprint density at radius 2 is 2.11 bits per heavy atom. The third-order valence-electron chi connectivity index (χ3n) is 2.31. The van der Waals surface area contributed by atoms with Crippen molar-refractivity contribution in [2.24, 2.45) is 0 Å². The number of rotatable bonds is 9. The third kappa shape index (κ3) is 6.32. The molecular formula is C11H21N3O2S2. The van der Waals surface area contributed by atoms with Crippen molar-refractivity contribution in [3.63, 3.8) is 0 Å². The first kappa shape index (κ1) is 15.4. The smallest absolute Gasteiger partial charge is 0.234 e. The molecule has 1 heterocycles. The first-order chi connectivity index (χ1) is 8.53. The fourth-order valence-electron chi connectivity index (χ4n) is 1.43. The van der Waals surface area contributed by atoms with Crippen LogP contribution in [0.15, 0.2) is 6.20 Å². The molecule has 7 heteroatoms. The standard InChI is InChI=1S/C11H21N3O2S2/c1-3-6-12-7-4-5-8-18(15,16)14-11-13-9-10(2)17-11/h9,12H,3-8H2,1-2H3,(H,13,14). The number of aromatic nitrogens is 1. The predicted octanol–water partition coefficient (Wildman–Crippen LogP) is 1.97. The lowest BCUT2D eigenvalue weighted by Gasteiger charge is -2.05. The van der Waals surface area contributed by atoms with Gasteiger partial charge in [-0.1, -0.05) is 6.92 Å². The van der Waals surface area contributed by atoms with E-state index in [2.05, 4.69) is 21.9 Å². The molecule has 0 bridgehead atoms. The average Bonchev–Trinajstić information content (AvgIpc) is 2.68. The molecule has 0 saturated carbocycles. The fourth-order valence-corrected chi connectivity index (χ4v) is 3.50. The van der Waals surface area contributed by atoms with Gasteiger partial charge >= 0.3 is 0 Å². The van der Waals surface area contributed by atoms with Crippen LogP contribution in [0.5, 0.6) is 0 Å². The lowest BCUT2D eigenvalue weighted by atomic mass is 10.3. The second-order valence-corrected chi connectivity index (χ2v) is 7.23. The van der Waals surface area contributed by atoms with Gasteiger partial charge in [0.1, 0.15) is 0 Å². The van der Waals surface area contributed by atoms with Gasteiger partial charge in [-0.2, -0.15) is 0 Å². The maximum atomic E-state index is 11.7. The predicted molar refractivity (Wildman–Crippen MR) is 76.7 cm³/mol. The largest absolute Gasteiger partial charge is 0.317 e. The second kappa shape index (κ2) is 7.70. The van der Waals surface area contributed by atoms with Crippen LogP contribution in [-0.4, -0.2) is 32.2 Å². The van der Waals surface area contributed by atoms with Crippen LogP contribution in [0.1, 0.15) is 31.1 Å². The summed E-state index contributed by atoms with van der Waals surface area (Å²) in [5.74, 6) is 0.152. The summed E-state index contributed by atoms with van der Waals surface area (Å²) in [5.41, 5.74) is 0. The van der Waals surface area contributed by atoms with E-state index in [9.17, 15) is 8.42 Å². The van der Waals surface area contributed by atoms with Crippen molar-refractivity contribution in [3.05, 3.63) is 11.1 Å². The molecule has 0 fully saturated rings. The van der Waals surface area contributed by atoms with Gasteiger partial charge in [0.15, 0.2) is 5.13 Å². The zero-order valence-corrected chi connectivity index (χ0v) is 12.5. The number of unbranched alkanes of at least 4 members (excludes halogenated alkanes) is 1. The van der Waals surface area contributed by atoms with Gasteiger partial charge in [0.25, 0.3) is 0 Å². The lowest BCUT2D eigenvalue weighted by Crippen LogP contribution is -2.19. The third-order valence-corrected chi connectivity index (χ3v) is 4.60. The second-order valence-electron chi connectivity index (χ2n) is 4.15. The summed E-state index contributed by atoms with van der Waals surface area (Å²) in [5, 5.41) is 3.70. The monoisotopic (exact) mass is 291 g/mol. The highest BCUT2D eigenvalue weighted by Gasteiger charge is 2.11. The van der Waals surface area contributed by atoms with Gasteiger partial charge < -0.3 is 5.32 Å². The van der Waals surface area contributed by atoms with E-state index in [0.717, 1.165) is 30.8 Å². The Bertz CT molecular complexity index is 443.